The number of nitrogens with zero attached hydrogens (tertiary/aromatic N) is 2. The summed E-state index contributed by atoms with van der Waals surface area (Å²) in [6.07, 6.45) is 7.45. The van der Waals surface area contributed by atoms with Crippen molar-refractivity contribution >= 4 is 32.3 Å². The van der Waals surface area contributed by atoms with Crippen LogP contribution in [0.25, 0.3) is 32.3 Å². The molecule has 0 saturated heterocycles. The highest BCUT2D eigenvalue weighted by molar-refractivity contribution is 6.24. The molecular weight excluding hydrogens is 232 g/mol. The van der Waals surface area contributed by atoms with Gasteiger partial charge in [0.25, 0.3) is 0 Å². The highest BCUT2D eigenvalue weighted by Gasteiger charge is 2.08. The zero-order valence-corrected chi connectivity index (χ0v) is 10.3. The first-order chi connectivity index (χ1) is 9.88. The van der Waals surface area contributed by atoms with Gasteiger partial charge in [0, 0.05) is 36.9 Å². The molecule has 0 aliphatic heterocycles. The largest absolute Gasteiger partial charge is 0.264 e. The number of fused-ring (bicyclic) bond motifs is 6. The van der Waals surface area contributed by atoms with Crippen LogP contribution in [0, 0.1) is 6.90 Å². The summed E-state index contributed by atoms with van der Waals surface area (Å²) < 4.78 is 7.56. The minimum Gasteiger partial charge on any atom is -0.264 e. The molecule has 90 valence electrons. The molecule has 0 fully saturated rings. The van der Waals surface area contributed by atoms with E-state index in [1.165, 1.54) is 10.8 Å². The predicted octanol–water partition coefficient (Wildman–Crippen LogP) is 4.24. The van der Waals surface area contributed by atoms with Crippen LogP contribution in [0.5, 0.6) is 0 Å². The van der Waals surface area contributed by atoms with E-state index < -0.39 is 0 Å². The van der Waals surface area contributed by atoms with Crippen LogP contribution in [-0.4, -0.2) is 9.97 Å². The van der Waals surface area contributed by atoms with Gasteiger partial charge in [-0.05, 0) is 40.6 Å². The first kappa shape index (κ1) is 9.45. The minimum absolute atomic E-state index is 0.298. The van der Waals surface area contributed by atoms with Gasteiger partial charge in [-0.25, -0.2) is 0 Å². The Morgan fingerprint density at radius 1 is 0.737 bits per heavy atom. The lowest BCUT2D eigenvalue weighted by Gasteiger charge is -2.09. The average Bonchev–Trinajstić information content (AvgIpc) is 2.54. The monoisotopic (exact) mass is 245 g/mol. The number of hydrogen-bond donors (Lipinski definition) is 0. The molecule has 0 bridgehead atoms. The van der Waals surface area contributed by atoms with Crippen LogP contribution in [0.15, 0.2) is 55.1 Å². The maximum atomic E-state index is 7.56. The van der Waals surface area contributed by atoms with Crippen molar-refractivity contribution in [2.75, 3.05) is 0 Å². The van der Waals surface area contributed by atoms with Crippen molar-refractivity contribution in [3.63, 3.8) is 0 Å². The van der Waals surface area contributed by atoms with Gasteiger partial charge in [-0.2, -0.15) is 0 Å². The van der Waals surface area contributed by atoms with Crippen molar-refractivity contribution < 1.29 is 1.37 Å². The molecule has 0 N–H and O–H groups in total. The lowest BCUT2D eigenvalue weighted by molar-refractivity contribution is 1.36. The Hall–Kier alpha value is -2.48. The van der Waals surface area contributed by atoms with Crippen LogP contribution in [0.2, 0.25) is 0 Å². The number of pyridine rings is 2. The summed E-state index contributed by atoms with van der Waals surface area (Å²) in [4.78, 5) is 8.51. The molecule has 4 rings (SSSR count). The van der Waals surface area contributed by atoms with E-state index in [1.54, 1.807) is 0 Å². The van der Waals surface area contributed by atoms with Crippen LogP contribution >= 0.6 is 0 Å². The van der Waals surface area contributed by atoms with Gasteiger partial charge < -0.3 is 0 Å². The van der Waals surface area contributed by atoms with Crippen molar-refractivity contribution in [3.8, 4) is 0 Å². The molecule has 0 atom stereocenters. The SMILES string of the molecule is [2H]Cc1ccc2c3ccncc3c3ccncc3c2c1. The zero-order valence-electron chi connectivity index (χ0n) is 11.3. The van der Waals surface area contributed by atoms with Gasteiger partial charge in [-0.1, -0.05) is 23.8 Å². The van der Waals surface area contributed by atoms with E-state index in [2.05, 4.69) is 28.2 Å². The molecule has 0 unspecified atom stereocenters. The normalized spacial score (nSPS) is 12.1. The van der Waals surface area contributed by atoms with E-state index in [1.807, 2.05) is 36.9 Å². The first-order valence-corrected chi connectivity index (χ1v) is 6.20. The molecule has 0 saturated carbocycles. The van der Waals surface area contributed by atoms with Gasteiger partial charge in [0.05, 0.1) is 0 Å². The van der Waals surface area contributed by atoms with Gasteiger partial charge in [0.1, 0.15) is 0 Å². The van der Waals surface area contributed by atoms with Crippen molar-refractivity contribution in [1.29, 1.82) is 0 Å². The van der Waals surface area contributed by atoms with E-state index in [-0.39, 0.29) is 0 Å². The lowest BCUT2D eigenvalue weighted by atomic mass is 9.96. The van der Waals surface area contributed by atoms with E-state index in [4.69, 9.17) is 1.37 Å². The van der Waals surface area contributed by atoms with Gasteiger partial charge in [0.2, 0.25) is 0 Å². The van der Waals surface area contributed by atoms with Gasteiger partial charge in [-0.15, -0.1) is 0 Å². The molecule has 0 amide bonds. The molecule has 0 aliphatic carbocycles. The molecule has 2 heteroatoms. The summed E-state index contributed by atoms with van der Waals surface area (Å²) in [5.74, 6) is 0. The summed E-state index contributed by atoms with van der Waals surface area (Å²) >= 11 is 0. The molecule has 2 nitrogen and oxygen atoms in total. The molecule has 2 aromatic heterocycles. The minimum atomic E-state index is 0.298. The topological polar surface area (TPSA) is 25.8 Å². The number of aromatic nitrogens is 2. The van der Waals surface area contributed by atoms with E-state index in [0.29, 0.717) is 6.90 Å². The third-order valence-electron chi connectivity index (χ3n) is 3.60. The molecule has 0 aliphatic rings. The van der Waals surface area contributed by atoms with Crippen molar-refractivity contribution in [2.45, 2.75) is 6.90 Å². The van der Waals surface area contributed by atoms with Gasteiger partial charge in [0.15, 0.2) is 0 Å². The quantitative estimate of drug-likeness (QED) is 0.433. The maximum Gasteiger partial charge on any atom is 0.0352 e. The maximum absolute atomic E-state index is 7.56. The van der Waals surface area contributed by atoms with Crippen LogP contribution in [0.4, 0.5) is 0 Å². The summed E-state index contributed by atoms with van der Waals surface area (Å²) in [6.45, 7) is 0.298. The fourth-order valence-electron chi connectivity index (χ4n) is 2.74. The van der Waals surface area contributed by atoms with Crippen LogP contribution < -0.4 is 0 Å². The Kier molecular flexibility index (Phi) is 1.87. The fourth-order valence-corrected chi connectivity index (χ4v) is 2.74. The second-order valence-corrected chi connectivity index (χ2v) is 4.72. The van der Waals surface area contributed by atoms with Crippen molar-refractivity contribution in [2.24, 2.45) is 0 Å². The standard InChI is InChI=1S/C17H12N2/c1-11-2-3-12-13-4-6-18-9-16(13)14-5-7-19-10-17(14)15(12)8-11/h2-10H,1H3/i1D. The summed E-state index contributed by atoms with van der Waals surface area (Å²) in [5, 5.41) is 6.99. The van der Waals surface area contributed by atoms with E-state index in [0.717, 1.165) is 27.1 Å². The van der Waals surface area contributed by atoms with Crippen LogP contribution in [-0.2, 0) is 0 Å². The number of aryl methyl sites for hydroxylation is 1. The summed E-state index contributed by atoms with van der Waals surface area (Å²) in [7, 11) is 0. The smallest absolute Gasteiger partial charge is 0.0352 e. The molecule has 2 aromatic carbocycles. The first-order valence-electron chi connectivity index (χ1n) is 6.90. The van der Waals surface area contributed by atoms with Crippen molar-refractivity contribution in [1.82, 2.24) is 9.97 Å². The third kappa shape index (κ3) is 1.43. The highest BCUT2D eigenvalue weighted by Crippen LogP contribution is 2.34. The Labute approximate surface area is 112 Å². The number of benzene rings is 2. The molecule has 0 spiro atoms. The predicted molar refractivity (Wildman–Crippen MR) is 79.3 cm³/mol. The second kappa shape index (κ2) is 3.75. The summed E-state index contributed by atoms with van der Waals surface area (Å²) in [6, 6.07) is 10.3. The van der Waals surface area contributed by atoms with E-state index in [9.17, 15) is 0 Å². The molecular formula is C17H12N2. The van der Waals surface area contributed by atoms with Gasteiger partial charge in [-0.3, -0.25) is 9.97 Å². The van der Waals surface area contributed by atoms with Crippen LogP contribution in [0.1, 0.15) is 6.93 Å². The Bertz CT molecular complexity index is 912. The average molecular weight is 245 g/mol. The van der Waals surface area contributed by atoms with Crippen LogP contribution in [0.3, 0.4) is 0 Å². The van der Waals surface area contributed by atoms with Gasteiger partial charge >= 0.3 is 0 Å². The Balaban J connectivity index is 2.35. The molecule has 4 aromatic rings. The highest BCUT2D eigenvalue weighted by atomic mass is 14.6. The van der Waals surface area contributed by atoms with Crippen molar-refractivity contribution in [3.05, 3.63) is 60.7 Å². The second-order valence-electron chi connectivity index (χ2n) is 4.72. The van der Waals surface area contributed by atoms with E-state index >= 15 is 0 Å². The molecule has 0 radical (unpaired) electrons. The number of rotatable bonds is 0. The zero-order chi connectivity index (χ0) is 13.5. The lowest BCUT2D eigenvalue weighted by Crippen LogP contribution is -1.85. The Morgan fingerprint density at radius 2 is 1.37 bits per heavy atom. The number of hydrogen-bond acceptors (Lipinski definition) is 2. The molecule has 19 heavy (non-hydrogen) atoms. The molecule has 2 heterocycles. The third-order valence-corrected chi connectivity index (χ3v) is 3.60. The summed E-state index contributed by atoms with van der Waals surface area (Å²) in [5.41, 5.74) is 1.02. The fraction of sp³-hybridized carbons (Fsp3) is 0.0588. The Morgan fingerprint density at radius 3 is 2.11 bits per heavy atom.